The van der Waals surface area contributed by atoms with Gasteiger partial charge in [-0.2, -0.15) is 0 Å². The smallest absolute Gasteiger partial charge is 0.000529 e. The lowest BCUT2D eigenvalue weighted by Crippen LogP contribution is -2.37. The van der Waals surface area contributed by atoms with Crippen molar-refractivity contribution in [1.29, 1.82) is 0 Å². The average molecular weight is 212 g/mol. The van der Waals surface area contributed by atoms with E-state index in [1.165, 1.54) is 32.2 Å². The first-order chi connectivity index (χ1) is 7.07. The van der Waals surface area contributed by atoms with Gasteiger partial charge in [0.05, 0.1) is 0 Å². The Morgan fingerprint density at radius 2 is 1.87 bits per heavy atom. The Hall–Kier alpha value is -0.0800. The maximum absolute atomic E-state index is 5.76. The molecule has 90 valence electrons. The fraction of sp³-hybridized carbons (Fsp3) is 1.00. The molecular formula is C13H28N2. The molecule has 2 heteroatoms. The van der Waals surface area contributed by atoms with Gasteiger partial charge in [-0.15, -0.1) is 0 Å². The molecule has 2 nitrogen and oxygen atoms in total. The van der Waals surface area contributed by atoms with Gasteiger partial charge in [0.1, 0.15) is 0 Å². The molecule has 0 saturated heterocycles. The Balaban J connectivity index is 2.19. The Morgan fingerprint density at radius 3 is 2.33 bits per heavy atom. The molecule has 0 aliphatic heterocycles. The second-order valence-electron chi connectivity index (χ2n) is 5.89. The predicted molar refractivity (Wildman–Crippen MR) is 66.8 cm³/mol. The van der Waals surface area contributed by atoms with E-state index in [0.29, 0.717) is 17.3 Å². The number of nitrogens with one attached hydrogen (secondary N) is 1. The van der Waals surface area contributed by atoms with E-state index in [9.17, 15) is 0 Å². The molecule has 0 aromatic carbocycles. The zero-order chi connectivity index (χ0) is 11.3. The number of hydrogen-bond donors (Lipinski definition) is 2. The minimum Gasteiger partial charge on any atom is -0.330 e. The van der Waals surface area contributed by atoms with Gasteiger partial charge in [-0.3, -0.25) is 0 Å². The summed E-state index contributed by atoms with van der Waals surface area (Å²) >= 11 is 0. The second kappa shape index (κ2) is 5.86. The van der Waals surface area contributed by atoms with Crippen molar-refractivity contribution in [2.24, 2.45) is 23.0 Å². The van der Waals surface area contributed by atoms with Crippen LogP contribution >= 0.6 is 0 Å². The largest absolute Gasteiger partial charge is 0.330 e. The Bertz CT molecular complexity index is 171. The molecule has 3 N–H and O–H groups in total. The van der Waals surface area contributed by atoms with Crippen LogP contribution in [-0.2, 0) is 0 Å². The van der Waals surface area contributed by atoms with Gasteiger partial charge in [0, 0.05) is 6.54 Å². The summed E-state index contributed by atoms with van der Waals surface area (Å²) in [7, 11) is 0. The molecule has 1 aliphatic rings. The van der Waals surface area contributed by atoms with Crippen LogP contribution < -0.4 is 11.1 Å². The Labute approximate surface area is 95.0 Å². The van der Waals surface area contributed by atoms with Crippen molar-refractivity contribution in [3.63, 3.8) is 0 Å². The standard InChI is InChI=1S/C13H28N2/c1-11(2)12(8-14)9-15-10-13(3)6-4-5-7-13/h11-12,15H,4-10,14H2,1-3H3. The van der Waals surface area contributed by atoms with Crippen LogP contribution in [0.2, 0.25) is 0 Å². The fourth-order valence-corrected chi connectivity index (χ4v) is 2.56. The van der Waals surface area contributed by atoms with Gasteiger partial charge in [0.25, 0.3) is 0 Å². The van der Waals surface area contributed by atoms with Crippen molar-refractivity contribution in [1.82, 2.24) is 5.32 Å². The molecule has 0 bridgehead atoms. The molecule has 1 aliphatic carbocycles. The van der Waals surface area contributed by atoms with Crippen molar-refractivity contribution >= 4 is 0 Å². The van der Waals surface area contributed by atoms with E-state index in [4.69, 9.17) is 5.73 Å². The van der Waals surface area contributed by atoms with Crippen LogP contribution in [0.4, 0.5) is 0 Å². The molecule has 0 heterocycles. The van der Waals surface area contributed by atoms with Crippen LogP contribution in [0.5, 0.6) is 0 Å². The number of rotatable bonds is 6. The molecule has 0 spiro atoms. The Kier molecular flexibility index (Phi) is 5.07. The van der Waals surface area contributed by atoms with E-state index in [-0.39, 0.29) is 0 Å². The highest BCUT2D eigenvalue weighted by Crippen LogP contribution is 2.36. The quantitative estimate of drug-likeness (QED) is 0.709. The first kappa shape index (κ1) is 13.0. The number of nitrogens with two attached hydrogens (primary N) is 1. The second-order valence-corrected chi connectivity index (χ2v) is 5.89. The molecule has 0 aromatic rings. The van der Waals surface area contributed by atoms with E-state index in [1.807, 2.05) is 0 Å². The lowest BCUT2D eigenvalue weighted by Gasteiger charge is -2.26. The third kappa shape index (κ3) is 4.12. The normalized spacial score (nSPS) is 22.2. The average Bonchev–Trinajstić information content (AvgIpc) is 2.60. The molecule has 1 rings (SSSR count). The van der Waals surface area contributed by atoms with Crippen LogP contribution in [0.1, 0.15) is 46.5 Å². The van der Waals surface area contributed by atoms with Gasteiger partial charge in [0.2, 0.25) is 0 Å². The summed E-state index contributed by atoms with van der Waals surface area (Å²) in [6, 6.07) is 0. The van der Waals surface area contributed by atoms with Gasteiger partial charge in [0.15, 0.2) is 0 Å². The third-order valence-electron chi connectivity index (χ3n) is 4.01. The fourth-order valence-electron chi connectivity index (χ4n) is 2.56. The van der Waals surface area contributed by atoms with Gasteiger partial charge in [-0.25, -0.2) is 0 Å². The molecular weight excluding hydrogens is 184 g/mol. The van der Waals surface area contributed by atoms with Crippen molar-refractivity contribution < 1.29 is 0 Å². The van der Waals surface area contributed by atoms with Crippen LogP contribution in [0.25, 0.3) is 0 Å². The molecule has 1 saturated carbocycles. The molecule has 0 radical (unpaired) electrons. The summed E-state index contributed by atoms with van der Waals surface area (Å²) in [5.74, 6) is 1.33. The highest BCUT2D eigenvalue weighted by atomic mass is 14.9. The zero-order valence-electron chi connectivity index (χ0n) is 10.7. The summed E-state index contributed by atoms with van der Waals surface area (Å²) in [5, 5.41) is 3.62. The van der Waals surface area contributed by atoms with E-state index < -0.39 is 0 Å². The van der Waals surface area contributed by atoms with E-state index >= 15 is 0 Å². The molecule has 1 fully saturated rings. The van der Waals surface area contributed by atoms with E-state index in [0.717, 1.165) is 13.1 Å². The minimum absolute atomic E-state index is 0.566. The summed E-state index contributed by atoms with van der Waals surface area (Å²) in [4.78, 5) is 0. The molecule has 0 aromatic heterocycles. The Morgan fingerprint density at radius 1 is 1.27 bits per heavy atom. The summed E-state index contributed by atoms with van der Waals surface area (Å²) in [6.45, 7) is 10.0. The van der Waals surface area contributed by atoms with Gasteiger partial charge in [-0.1, -0.05) is 33.6 Å². The lowest BCUT2D eigenvalue weighted by molar-refractivity contribution is 0.288. The maximum Gasteiger partial charge on any atom is 0.000529 e. The van der Waals surface area contributed by atoms with Crippen molar-refractivity contribution in [2.45, 2.75) is 46.5 Å². The van der Waals surface area contributed by atoms with E-state index in [2.05, 4.69) is 26.1 Å². The zero-order valence-corrected chi connectivity index (χ0v) is 10.7. The van der Waals surface area contributed by atoms with Gasteiger partial charge >= 0.3 is 0 Å². The van der Waals surface area contributed by atoms with Crippen LogP contribution in [0.15, 0.2) is 0 Å². The van der Waals surface area contributed by atoms with E-state index in [1.54, 1.807) is 0 Å². The van der Waals surface area contributed by atoms with Gasteiger partial charge < -0.3 is 11.1 Å². The highest BCUT2D eigenvalue weighted by molar-refractivity contribution is 4.82. The van der Waals surface area contributed by atoms with Crippen molar-refractivity contribution in [3.05, 3.63) is 0 Å². The molecule has 15 heavy (non-hydrogen) atoms. The summed E-state index contributed by atoms with van der Waals surface area (Å²) in [5.41, 5.74) is 6.33. The predicted octanol–water partition coefficient (Wildman–Crippen LogP) is 2.39. The van der Waals surface area contributed by atoms with Gasteiger partial charge in [-0.05, 0) is 43.2 Å². The molecule has 1 atom stereocenters. The van der Waals surface area contributed by atoms with Crippen molar-refractivity contribution in [3.8, 4) is 0 Å². The van der Waals surface area contributed by atoms with Crippen LogP contribution in [0.3, 0.4) is 0 Å². The minimum atomic E-state index is 0.566. The monoisotopic (exact) mass is 212 g/mol. The topological polar surface area (TPSA) is 38.0 Å². The van der Waals surface area contributed by atoms with Crippen LogP contribution in [0, 0.1) is 17.3 Å². The summed E-state index contributed by atoms with van der Waals surface area (Å²) < 4.78 is 0. The first-order valence-electron chi connectivity index (χ1n) is 6.48. The molecule has 0 amide bonds. The lowest BCUT2D eigenvalue weighted by atomic mass is 9.88. The number of hydrogen-bond acceptors (Lipinski definition) is 2. The molecule has 1 unspecified atom stereocenters. The first-order valence-corrected chi connectivity index (χ1v) is 6.48. The van der Waals surface area contributed by atoms with Crippen molar-refractivity contribution in [2.75, 3.05) is 19.6 Å². The maximum atomic E-state index is 5.76. The van der Waals surface area contributed by atoms with Crippen LogP contribution in [-0.4, -0.2) is 19.6 Å². The SMILES string of the molecule is CC(C)C(CN)CNCC1(C)CCCC1. The third-order valence-corrected chi connectivity index (χ3v) is 4.01. The highest BCUT2D eigenvalue weighted by Gasteiger charge is 2.28. The summed E-state index contributed by atoms with van der Waals surface area (Å²) in [6.07, 6.45) is 5.63.